The number of hydrogen-bond donors (Lipinski definition) is 2. The van der Waals surface area contributed by atoms with E-state index in [1.807, 2.05) is 42.5 Å². The molecule has 1 aromatic heterocycles. The SMILES string of the molecule is O=C(O)/C(=N/O)c1ccc(OCCOc2ccc3ccccc3c2)s1. The molecule has 25 heavy (non-hydrogen) atoms. The predicted octanol–water partition coefficient (Wildman–Crippen LogP) is 3.62. The zero-order valence-corrected chi connectivity index (χ0v) is 13.9. The van der Waals surface area contributed by atoms with Crippen LogP contribution >= 0.6 is 11.3 Å². The molecule has 128 valence electrons. The van der Waals surface area contributed by atoms with Gasteiger partial charge in [0.15, 0.2) is 5.06 Å². The van der Waals surface area contributed by atoms with E-state index in [2.05, 4.69) is 5.16 Å². The van der Waals surface area contributed by atoms with Crippen LogP contribution < -0.4 is 9.47 Å². The van der Waals surface area contributed by atoms with Crippen LogP contribution in [0.4, 0.5) is 0 Å². The minimum absolute atomic E-state index is 0.311. The van der Waals surface area contributed by atoms with Crippen molar-refractivity contribution in [3.05, 3.63) is 59.5 Å². The molecule has 0 radical (unpaired) electrons. The number of carboxylic acid groups (broad SMARTS) is 1. The van der Waals surface area contributed by atoms with Crippen molar-refractivity contribution in [2.75, 3.05) is 13.2 Å². The zero-order valence-electron chi connectivity index (χ0n) is 13.1. The molecule has 0 atom stereocenters. The first-order valence-corrected chi connectivity index (χ1v) is 8.29. The molecule has 0 spiro atoms. The Morgan fingerprint density at radius 3 is 2.52 bits per heavy atom. The summed E-state index contributed by atoms with van der Waals surface area (Å²) in [6.45, 7) is 0.664. The number of benzene rings is 2. The normalized spacial score (nSPS) is 11.4. The maximum atomic E-state index is 10.9. The summed E-state index contributed by atoms with van der Waals surface area (Å²) < 4.78 is 11.2. The lowest BCUT2D eigenvalue weighted by atomic mass is 10.1. The Morgan fingerprint density at radius 2 is 1.76 bits per heavy atom. The van der Waals surface area contributed by atoms with Gasteiger partial charge in [-0.1, -0.05) is 46.8 Å². The van der Waals surface area contributed by atoms with Crippen molar-refractivity contribution in [1.29, 1.82) is 0 Å². The van der Waals surface area contributed by atoms with Gasteiger partial charge in [0, 0.05) is 0 Å². The Morgan fingerprint density at radius 1 is 1.00 bits per heavy atom. The third-order valence-corrected chi connectivity index (χ3v) is 4.44. The summed E-state index contributed by atoms with van der Waals surface area (Å²) >= 11 is 1.09. The minimum atomic E-state index is -1.30. The summed E-state index contributed by atoms with van der Waals surface area (Å²) in [6.07, 6.45) is 0. The Bertz CT molecular complexity index is 918. The van der Waals surface area contributed by atoms with E-state index in [1.165, 1.54) is 6.07 Å². The average Bonchev–Trinajstić information content (AvgIpc) is 3.07. The highest BCUT2D eigenvalue weighted by molar-refractivity contribution is 7.16. The van der Waals surface area contributed by atoms with Gasteiger partial charge in [0.25, 0.3) is 0 Å². The van der Waals surface area contributed by atoms with Crippen molar-refractivity contribution in [3.63, 3.8) is 0 Å². The smallest absolute Gasteiger partial charge is 0.359 e. The molecule has 0 aliphatic heterocycles. The molecule has 0 saturated heterocycles. The first-order valence-electron chi connectivity index (χ1n) is 7.47. The van der Waals surface area contributed by atoms with Crippen LogP contribution in [-0.4, -0.2) is 35.2 Å². The molecule has 3 aromatic rings. The van der Waals surface area contributed by atoms with E-state index < -0.39 is 11.7 Å². The quantitative estimate of drug-likeness (QED) is 0.292. The van der Waals surface area contributed by atoms with Gasteiger partial charge in [-0.25, -0.2) is 4.79 Å². The molecule has 2 aromatic carbocycles. The first kappa shape index (κ1) is 16.8. The third kappa shape index (κ3) is 4.07. The fourth-order valence-corrected chi connectivity index (χ4v) is 3.14. The van der Waals surface area contributed by atoms with E-state index in [4.69, 9.17) is 19.8 Å². The number of nitrogens with zero attached hydrogens (tertiary/aromatic N) is 1. The topological polar surface area (TPSA) is 88.4 Å². The van der Waals surface area contributed by atoms with Crippen molar-refractivity contribution in [2.45, 2.75) is 0 Å². The van der Waals surface area contributed by atoms with Gasteiger partial charge in [0.2, 0.25) is 5.71 Å². The summed E-state index contributed by atoms with van der Waals surface area (Å²) in [5.74, 6) is -0.537. The van der Waals surface area contributed by atoms with Crippen LogP contribution in [0.5, 0.6) is 10.8 Å². The van der Waals surface area contributed by atoms with Gasteiger partial charge in [0.1, 0.15) is 19.0 Å². The molecule has 0 fully saturated rings. The number of aliphatic carboxylic acids is 1. The summed E-state index contributed by atoms with van der Waals surface area (Å²) in [7, 11) is 0. The third-order valence-electron chi connectivity index (χ3n) is 3.43. The van der Waals surface area contributed by atoms with Crippen LogP contribution in [0, 0.1) is 0 Å². The molecule has 0 unspecified atom stereocenters. The highest BCUT2D eigenvalue weighted by Gasteiger charge is 2.16. The monoisotopic (exact) mass is 357 g/mol. The van der Waals surface area contributed by atoms with Gasteiger partial charge in [-0.05, 0) is 35.0 Å². The number of carboxylic acids is 1. The molecule has 0 aliphatic rings. The number of rotatable bonds is 7. The lowest BCUT2D eigenvalue weighted by Crippen LogP contribution is -2.12. The maximum absolute atomic E-state index is 10.9. The van der Waals surface area contributed by atoms with E-state index in [-0.39, 0.29) is 0 Å². The Balaban J connectivity index is 1.53. The summed E-state index contributed by atoms with van der Waals surface area (Å²) in [5, 5.41) is 23.2. The second kappa shape index (κ2) is 7.67. The average molecular weight is 357 g/mol. The van der Waals surface area contributed by atoms with Crippen molar-refractivity contribution >= 4 is 33.8 Å². The van der Waals surface area contributed by atoms with Gasteiger partial charge in [0.05, 0.1) is 4.88 Å². The number of fused-ring (bicyclic) bond motifs is 1. The molecule has 0 aliphatic carbocycles. The lowest BCUT2D eigenvalue weighted by Gasteiger charge is -2.08. The van der Waals surface area contributed by atoms with E-state index >= 15 is 0 Å². The standard InChI is InChI=1S/C18H15NO5S/c20-18(21)17(19-22)15-7-8-16(25-15)24-10-9-23-14-6-5-12-3-1-2-4-13(12)11-14/h1-8,11,22H,9-10H2,(H,20,21)/b19-17+. The summed E-state index contributed by atoms with van der Waals surface area (Å²) in [6, 6.07) is 17.1. The van der Waals surface area contributed by atoms with Gasteiger partial charge < -0.3 is 19.8 Å². The number of hydrogen-bond acceptors (Lipinski definition) is 6. The van der Waals surface area contributed by atoms with Crippen molar-refractivity contribution in [1.82, 2.24) is 0 Å². The van der Waals surface area contributed by atoms with Crippen LogP contribution in [0.25, 0.3) is 10.8 Å². The maximum Gasteiger partial charge on any atom is 0.359 e. The van der Waals surface area contributed by atoms with Gasteiger partial charge in [-0.15, -0.1) is 0 Å². The van der Waals surface area contributed by atoms with E-state index in [0.29, 0.717) is 23.2 Å². The molecule has 0 saturated carbocycles. The predicted molar refractivity (Wildman–Crippen MR) is 95.2 cm³/mol. The van der Waals surface area contributed by atoms with E-state index in [0.717, 1.165) is 27.9 Å². The fraction of sp³-hybridized carbons (Fsp3) is 0.111. The molecule has 6 nitrogen and oxygen atoms in total. The van der Waals surface area contributed by atoms with Crippen LogP contribution in [0.2, 0.25) is 0 Å². The highest BCUT2D eigenvalue weighted by Crippen LogP contribution is 2.25. The highest BCUT2D eigenvalue weighted by atomic mass is 32.1. The van der Waals surface area contributed by atoms with Crippen molar-refractivity contribution in [3.8, 4) is 10.8 Å². The second-order valence-electron chi connectivity index (χ2n) is 5.08. The molecule has 2 N–H and O–H groups in total. The second-order valence-corrected chi connectivity index (χ2v) is 6.12. The Labute approximate surface area is 147 Å². The van der Waals surface area contributed by atoms with Gasteiger partial charge >= 0.3 is 5.97 Å². The van der Waals surface area contributed by atoms with Gasteiger partial charge in [-0.2, -0.15) is 0 Å². The van der Waals surface area contributed by atoms with Gasteiger partial charge in [-0.3, -0.25) is 0 Å². The number of thiophene rings is 1. The minimum Gasteiger partial charge on any atom is -0.490 e. The largest absolute Gasteiger partial charge is 0.490 e. The van der Waals surface area contributed by atoms with E-state index in [9.17, 15) is 4.79 Å². The zero-order chi connectivity index (χ0) is 17.6. The van der Waals surface area contributed by atoms with E-state index in [1.54, 1.807) is 6.07 Å². The molecule has 1 heterocycles. The fourth-order valence-electron chi connectivity index (χ4n) is 2.28. The first-order chi connectivity index (χ1) is 12.2. The van der Waals surface area contributed by atoms with Crippen LogP contribution in [0.1, 0.15) is 4.88 Å². The molecule has 0 bridgehead atoms. The van der Waals surface area contributed by atoms with Crippen LogP contribution in [0.3, 0.4) is 0 Å². The summed E-state index contributed by atoms with van der Waals surface area (Å²) in [4.78, 5) is 11.2. The van der Waals surface area contributed by atoms with Crippen molar-refractivity contribution in [2.24, 2.45) is 5.16 Å². The number of carbonyl (C=O) groups is 1. The van der Waals surface area contributed by atoms with Crippen molar-refractivity contribution < 1.29 is 24.6 Å². The van der Waals surface area contributed by atoms with Crippen LogP contribution in [-0.2, 0) is 4.79 Å². The number of ether oxygens (including phenoxy) is 2. The summed E-state index contributed by atoms with van der Waals surface area (Å²) in [5.41, 5.74) is -0.410. The molecular weight excluding hydrogens is 342 g/mol. The number of oxime groups is 1. The Hall–Kier alpha value is -3.06. The molecule has 3 rings (SSSR count). The van der Waals surface area contributed by atoms with Crippen LogP contribution in [0.15, 0.2) is 59.8 Å². The lowest BCUT2D eigenvalue weighted by molar-refractivity contribution is -0.129. The molecule has 0 amide bonds. The molecular formula is C18H15NO5S. The molecule has 7 heteroatoms. The Kier molecular flexibility index (Phi) is 5.15.